The van der Waals surface area contributed by atoms with Crippen LogP contribution in [-0.2, 0) is 14.3 Å². The Hall–Kier alpha value is -0.434. The largest absolute Gasteiger partial charge is 1.00 e. The van der Waals surface area contributed by atoms with Crippen molar-refractivity contribution in [3.63, 3.8) is 0 Å². The van der Waals surface area contributed by atoms with Gasteiger partial charge in [0.2, 0.25) is 5.91 Å². The topological polar surface area (TPSA) is 68.8 Å². The van der Waals surface area contributed by atoms with Crippen molar-refractivity contribution in [3.05, 3.63) is 45.2 Å². The van der Waals surface area contributed by atoms with Gasteiger partial charge in [0.1, 0.15) is 6.61 Å². The summed E-state index contributed by atoms with van der Waals surface area (Å²) in [6.07, 6.45) is 1.23. The van der Waals surface area contributed by atoms with Crippen molar-refractivity contribution in [1.82, 2.24) is 10.6 Å². The van der Waals surface area contributed by atoms with Gasteiger partial charge in [-0.25, -0.2) is 0 Å². The van der Waals surface area contributed by atoms with Crippen molar-refractivity contribution in [3.8, 4) is 17.6 Å². The molecule has 6 nitrogen and oxygen atoms in total. The summed E-state index contributed by atoms with van der Waals surface area (Å²) in [7, 11) is 1.96. The van der Waals surface area contributed by atoms with Crippen LogP contribution in [0.2, 0.25) is 0 Å². The first-order valence-corrected chi connectivity index (χ1v) is 10.7. The Balaban J connectivity index is -0.000000231. The molecule has 188 valence electrons. The number of ether oxygens (including phenoxy) is 3. The predicted octanol–water partition coefficient (Wildman–Crippen LogP) is 1.22. The van der Waals surface area contributed by atoms with E-state index in [1.165, 1.54) is 6.42 Å². The summed E-state index contributed by atoms with van der Waals surface area (Å²) in [6, 6.07) is 10.2. The van der Waals surface area contributed by atoms with E-state index in [0.29, 0.717) is 38.9 Å². The molecule has 2 N–H and O–H groups in total. The minimum Gasteiger partial charge on any atom is -0.549 e. The first-order chi connectivity index (χ1) is 14.6. The quantitative estimate of drug-likeness (QED) is 0.200. The van der Waals surface area contributed by atoms with Crippen molar-refractivity contribution in [1.29, 1.82) is 0 Å². The van der Waals surface area contributed by atoms with E-state index < -0.39 is 0 Å². The standard InChI is InChI=1S/C18H24NO4.C4H11N.C2H6.2CH3.K/c1-16(2)7-6-10-19-18(20)15-22-12-11-21-13-14-23-17-8-4-3-5-9-17;1-3-4-5-2;1-2;;;/h3-4,8-9,16H,10-15H2,1-2H3,(H,19,20);5H,3-4H2,1-2H3;1-2H3;2*1H3;/q-1;;;2*-1;+1. The van der Waals surface area contributed by atoms with E-state index >= 15 is 0 Å². The van der Waals surface area contributed by atoms with Crippen molar-refractivity contribution in [2.45, 2.75) is 41.0 Å². The molecule has 0 atom stereocenters. The molecule has 7 heteroatoms. The molecule has 1 amide bonds. The second kappa shape index (κ2) is 36.1. The van der Waals surface area contributed by atoms with E-state index in [4.69, 9.17) is 14.2 Å². The zero-order valence-corrected chi connectivity index (χ0v) is 25.8. The van der Waals surface area contributed by atoms with Crippen LogP contribution in [0.5, 0.6) is 5.75 Å². The van der Waals surface area contributed by atoms with Gasteiger partial charge >= 0.3 is 51.4 Å². The first-order valence-electron chi connectivity index (χ1n) is 10.7. The van der Waals surface area contributed by atoms with Gasteiger partial charge in [-0.2, -0.15) is 18.2 Å². The third-order valence-corrected chi connectivity index (χ3v) is 3.04. The van der Waals surface area contributed by atoms with Crippen LogP contribution in [0.4, 0.5) is 0 Å². The smallest absolute Gasteiger partial charge is 0.549 e. The average molecular weight is 491 g/mol. The van der Waals surface area contributed by atoms with Gasteiger partial charge in [0.25, 0.3) is 0 Å². The monoisotopic (exact) mass is 490 g/mol. The summed E-state index contributed by atoms with van der Waals surface area (Å²) in [4.78, 5) is 11.4. The molecule has 0 bridgehead atoms. The van der Waals surface area contributed by atoms with Gasteiger partial charge in [0.15, 0.2) is 0 Å². The van der Waals surface area contributed by atoms with E-state index in [1.54, 1.807) is 6.07 Å². The molecule has 1 aromatic carbocycles. The van der Waals surface area contributed by atoms with Crippen molar-refractivity contribution in [2.75, 3.05) is 53.2 Å². The maximum Gasteiger partial charge on any atom is 1.00 e. The van der Waals surface area contributed by atoms with Gasteiger partial charge in [-0.05, 0) is 20.0 Å². The molecule has 0 saturated heterocycles. The molecule has 0 spiro atoms. The minimum absolute atomic E-state index is 0. The average Bonchev–Trinajstić information content (AvgIpc) is 2.76. The molecule has 0 fully saturated rings. The molecule has 0 aromatic heterocycles. The fraction of sp³-hybridized carbons (Fsp3) is 0.577. The van der Waals surface area contributed by atoms with Crippen molar-refractivity contribution >= 4 is 5.91 Å². The second-order valence-corrected chi connectivity index (χ2v) is 6.11. The molecule has 0 saturated carbocycles. The van der Waals surface area contributed by atoms with E-state index in [0.717, 1.165) is 12.3 Å². The summed E-state index contributed by atoms with van der Waals surface area (Å²) < 4.78 is 16.0. The van der Waals surface area contributed by atoms with Gasteiger partial charge in [0, 0.05) is 11.7 Å². The maximum absolute atomic E-state index is 11.4. The molecule has 0 aliphatic rings. The molecule has 0 aliphatic carbocycles. The van der Waals surface area contributed by atoms with E-state index in [9.17, 15) is 4.79 Å². The molecule has 1 rings (SSSR count). The Kier molecular flexibility index (Phi) is 46.8. The Bertz CT molecular complexity index is 544. The number of hydrogen-bond donors (Lipinski definition) is 2. The third-order valence-electron chi connectivity index (χ3n) is 3.04. The Labute approximate surface area is 247 Å². The number of nitrogens with one attached hydrogen (secondary N) is 2. The Morgan fingerprint density at radius 2 is 1.76 bits per heavy atom. The van der Waals surface area contributed by atoms with Crippen LogP contribution in [-0.4, -0.2) is 59.1 Å². The SMILES string of the molecule is CC.CC(C)C#CCNC(=O)COCCOCCOc1c[c-]ccc1.CCCNC.[CH3-].[CH3-].[K+]. The number of amides is 1. The van der Waals surface area contributed by atoms with E-state index in [-0.39, 0.29) is 78.8 Å². The van der Waals surface area contributed by atoms with Gasteiger partial charge in [-0.15, -0.1) is 12.1 Å². The van der Waals surface area contributed by atoms with Crippen LogP contribution < -0.4 is 66.8 Å². The summed E-state index contributed by atoms with van der Waals surface area (Å²) in [5, 5.41) is 5.68. The minimum atomic E-state index is -0.174. The first kappa shape index (κ1) is 42.7. The molecule has 1 aromatic rings. The van der Waals surface area contributed by atoms with Crippen LogP contribution in [0.3, 0.4) is 0 Å². The summed E-state index contributed by atoms with van der Waals surface area (Å²) in [5.74, 6) is 6.75. The van der Waals surface area contributed by atoms with E-state index in [2.05, 4.69) is 35.5 Å². The maximum atomic E-state index is 11.4. The molecule has 0 aliphatic heterocycles. The third kappa shape index (κ3) is 36.3. The molecule has 33 heavy (non-hydrogen) atoms. The Morgan fingerprint density at radius 1 is 1.12 bits per heavy atom. The Morgan fingerprint density at radius 3 is 2.27 bits per heavy atom. The van der Waals surface area contributed by atoms with Gasteiger partial charge in [-0.3, -0.25) is 4.79 Å². The number of hydrogen-bond acceptors (Lipinski definition) is 5. The second-order valence-electron chi connectivity index (χ2n) is 6.11. The van der Waals surface area contributed by atoms with Crippen LogP contribution in [0.25, 0.3) is 0 Å². The number of rotatable bonds is 12. The number of benzene rings is 1. The predicted molar refractivity (Wildman–Crippen MR) is 136 cm³/mol. The van der Waals surface area contributed by atoms with Crippen molar-refractivity contribution < 1.29 is 70.4 Å². The van der Waals surface area contributed by atoms with Crippen LogP contribution in [0.15, 0.2) is 24.3 Å². The molecule has 0 radical (unpaired) electrons. The fourth-order valence-corrected chi connectivity index (χ4v) is 1.77. The van der Waals surface area contributed by atoms with Gasteiger partial charge in [0.05, 0.1) is 33.0 Å². The van der Waals surface area contributed by atoms with E-state index in [1.807, 2.05) is 52.9 Å². The summed E-state index contributed by atoms with van der Waals surface area (Å²) >= 11 is 0. The summed E-state index contributed by atoms with van der Waals surface area (Å²) in [5.41, 5.74) is 0. The van der Waals surface area contributed by atoms with Crippen LogP contribution in [0.1, 0.15) is 41.0 Å². The summed E-state index contributed by atoms with van der Waals surface area (Å²) in [6.45, 7) is 13.4. The van der Waals surface area contributed by atoms with Crippen molar-refractivity contribution in [2.24, 2.45) is 5.92 Å². The molecular weight excluding hydrogens is 443 g/mol. The number of carbonyl (C=O) groups excluding carboxylic acids is 1. The molecule has 0 unspecified atom stereocenters. The normalized spacial score (nSPS) is 8.45. The fourth-order valence-electron chi connectivity index (χ4n) is 1.77. The number of carbonyl (C=O) groups is 1. The molecule has 0 heterocycles. The zero-order valence-electron chi connectivity index (χ0n) is 22.7. The van der Waals surface area contributed by atoms with Crippen LogP contribution >= 0.6 is 0 Å². The van der Waals surface area contributed by atoms with Gasteiger partial charge < -0.3 is 39.7 Å². The van der Waals surface area contributed by atoms with Gasteiger partial charge in [-0.1, -0.05) is 46.5 Å². The zero-order chi connectivity index (χ0) is 22.9. The van der Waals surface area contributed by atoms with Crippen LogP contribution in [0, 0.1) is 38.7 Å². The molecular formula is C26H47KN2O4-2.